The first-order valence-corrected chi connectivity index (χ1v) is 5.50. The maximum absolute atomic E-state index is 4.37. The Labute approximate surface area is 100 Å². The van der Waals surface area contributed by atoms with Crippen LogP contribution in [0.2, 0.25) is 0 Å². The molecule has 0 spiro atoms. The first-order valence-electron chi connectivity index (χ1n) is 4.60. The number of nitrogens with one attached hydrogen (secondary N) is 1. The molecule has 0 bridgehead atoms. The highest BCUT2D eigenvalue weighted by Crippen LogP contribution is 2.27. The van der Waals surface area contributed by atoms with Crippen LogP contribution in [-0.2, 0) is 0 Å². The third-order valence-electron chi connectivity index (χ3n) is 2.08. The summed E-state index contributed by atoms with van der Waals surface area (Å²) in [6.45, 7) is 0. The van der Waals surface area contributed by atoms with Crippen LogP contribution in [0, 0.1) is 0 Å². The van der Waals surface area contributed by atoms with E-state index in [1.165, 1.54) is 0 Å². The van der Waals surface area contributed by atoms with E-state index in [9.17, 15) is 0 Å². The van der Waals surface area contributed by atoms with E-state index in [1.54, 1.807) is 0 Å². The molecular weight excluding hydrogens is 222 g/mol. The molecule has 0 atom stereocenters. The quantitative estimate of drug-likeness (QED) is 0.666. The molecule has 0 saturated carbocycles. The van der Waals surface area contributed by atoms with Gasteiger partial charge in [0.05, 0.1) is 11.4 Å². The maximum Gasteiger partial charge on any atom is 0.0520 e. The molecule has 0 aromatic heterocycles. The fourth-order valence-electron chi connectivity index (χ4n) is 1.30. The fraction of sp³-hybridized carbons (Fsp3) is 0. The van der Waals surface area contributed by atoms with Gasteiger partial charge in [0.1, 0.15) is 0 Å². The fourth-order valence-corrected chi connectivity index (χ4v) is 1.74. The predicted molar refractivity (Wildman–Crippen MR) is 70.7 cm³/mol. The minimum atomic E-state index is 0.925. The molecule has 3 heteroatoms. The highest BCUT2D eigenvalue weighted by atomic mass is 32.1. The van der Waals surface area contributed by atoms with Crippen molar-refractivity contribution in [3.8, 4) is 0 Å². The molecule has 2 aromatic rings. The van der Waals surface area contributed by atoms with Gasteiger partial charge in [0.25, 0.3) is 0 Å². The summed E-state index contributed by atoms with van der Waals surface area (Å²) < 4.78 is 0. The Morgan fingerprint density at radius 1 is 0.667 bits per heavy atom. The Hall–Kier alpha value is -1.06. The van der Waals surface area contributed by atoms with Gasteiger partial charge in [-0.3, -0.25) is 0 Å². The van der Waals surface area contributed by atoms with Gasteiger partial charge in [-0.2, -0.15) is 0 Å². The van der Waals surface area contributed by atoms with Crippen LogP contribution in [-0.4, -0.2) is 0 Å². The summed E-state index contributed by atoms with van der Waals surface area (Å²) in [5, 5.41) is 3.29. The number of rotatable bonds is 2. The Morgan fingerprint density at radius 2 is 1.07 bits per heavy atom. The average Bonchev–Trinajstić information content (AvgIpc) is 2.24. The zero-order valence-corrected chi connectivity index (χ0v) is 9.80. The van der Waals surface area contributed by atoms with Crippen LogP contribution in [0.1, 0.15) is 0 Å². The van der Waals surface area contributed by atoms with Crippen molar-refractivity contribution in [1.82, 2.24) is 0 Å². The second kappa shape index (κ2) is 4.64. The van der Waals surface area contributed by atoms with E-state index < -0.39 is 0 Å². The van der Waals surface area contributed by atoms with Gasteiger partial charge in [0.2, 0.25) is 0 Å². The SMILES string of the molecule is Sc1ccccc1Nc1ccccc1S. The van der Waals surface area contributed by atoms with Crippen molar-refractivity contribution in [2.24, 2.45) is 0 Å². The molecule has 0 unspecified atom stereocenters. The Kier molecular flexibility index (Phi) is 3.23. The number of para-hydroxylation sites is 2. The molecule has 1 nitrogen and oxygen atoms in total. The number of benzene rings is 2. The zero-order valence-electron chi connectivity index (χ0n) is 8.01. The molecule has 76 valence electrons. The summed E-state index contributed by atoms with van der Waals surface area (Å²) in [6.07, 6.45) is 0. The predicted octanol–water partition coefficient (Wildman–Crippen LogP) is 4.01. The molecule has 0 radical (unpaired) electrons. The summed E-state index contributed by atoms with van der Waals surface area (Å²) in [7, 11) is 0. The van der Waals surface area contributed by atoms with Crippen molar-refractivity contribution in [1.29, 1.82) is 0 Å². The van der Waals surface area contributed by atoms with Crippen LogP contribution < -0.4 is 5.32 Å². The number of hydrogen-bond acceptors (Lipinski definition) is 3. The van der Waals surface area contributed by atoms with Gasteiger partial charge in [-0.25, -0.2) is 0 Å². The van der Waals surface area contributed by atoms with Crippen molar-refractivity contribution in [3.05, 3.63) is 48.5 Å². The van der Waals surface area contributed by atoms with E-state index in [0.717, 1.165) is 21.2 Å². The first-order chi connectivity index (χ1) is 7.27. The number of thiol groups is 2. The van der Waals surface area contributed by atoms with E-state index in [4.69, 9.17) is 0 Å². The smallest absolute Gasteiger partial charge is 0.0520 e. The van der Waals surface area contributed by atoms with Gasteiger partial charge < -0.3 is 5.32 Å². The molecule has 0 heterocycles. The summed E-state index contributed by atoms with van der Waals surface area (Å²) in [6, 6.07) is 15.7. The molecule has 0 fully saturated rings. The van der Waals surface area contributed by atoms with Gasteiger partial charge in [0.15, 0.2) is 0 Å². The lowest BCUT2D eigenvalue weighted by atomic mass is 10.2. The van der Waals surface area contributed by atoms with Gasteiger partial charge >= 0.3 is 0 Å². The van der Waals surface area contributed by atoms with Crippen LogP contribution in [0.4, 0.5) is 11.4 Å². The summed E-state index contributed by atoms with van der Waals surface area (Å²) in [5.41, 5.74) is 1.98. The Bertz CT molecular complexity index is 425. The minimum absolute atomic E-state index is 0.925. The highest BCUT2D eigenvalue weighted by molar-refractivity contribution is 7.80. The van der Waals surface area contributed by atoms with E-state index in [0.29, 0.717) is 0 Å². The highest BCUT2D eigenvalue weighted by Gasteiger charge is 2.00. The zero-order chi connectivity index (χ0) is 10.7. The van der Waals surface area contributed by atoms with E-state index in [-0.39, 0.29) is 0 Å². The van der Waals surface area contributed by atoms with Crippen molar-refractivity contribution in [2.45, 2.75) is 9.79 Å². The molecule has 2 rings (SSSR count). The monoisotopic (exact) mass is 233 g/mol. The second-order valence-electron chi connectivity index (χ2n) is 3.16. The molecule has 2 aromatic carbocycles. The van der Waals surface area contributed by atoms with Crippen LogP contribution in [0.5, 0.6) is 0 Å². The largest absolute Gasteiger partial charge is 0.354 e. The van der Waals surface area contributed by atoms with Crippen molar-refractivity contribution >= 4 is 36.6 Å². The lowest BCUT2D eigenvalue weighted by Crippen LogP contribution is -1.91. The lowest BCUT2D eigenvalue weighted by Gasteiger charge is -2.10. The molecule has 15 heavy (non-hydrogen) atoms. The third-order valence-corrected chi connectivity index (χ3v) is 2.86. The van der Waals surface area contributed by atoms with Crippen LogP contribution in [0.15, 0.2) is 58.3 Å². The molecule has 1 N–H and O–H groups in total. The normalized spacial score (nSPS) is 10.0. The van der Waals surface area contributed by atoms with Crippen LogP contribution in [0.25, 0.3) is 0 Å². The molecule has 0 aliphatic carbocycles. The maximum atomic E-state index is 4.37. The summed E-state index contributed by atoms with van der Waals surface area (Å²) in [5.74, 6) is 0. The Morgan fingerprint density at radius 3 is 1.47 bits per heavy atom. The average molecular weight is 233 g/mol. The standard InChI is InChI=1S/C12H11NS2/c14-11-7-3-1-5-9(11)13-10-6-2-4-8-12(10)15/h1-8,13-15H. The summed E-state index contributed by atoms with van der Waals surface area (Å²) in [4.78, 5) is 1.85. The van der Waals surface area contributed by atoms with Crippen molar-refractivity contribution < 1.29 is 0 Å². The summed E-state index contributed by atoms with van der Waals surface area (Å²) >= 11 is 8.75. The van der Waals surface area contributed by atoms with Gasteiger partial charge in [-0.15, -0.1) is 25.3 Å². The number of hydrogen-bond donors (Lipinski definition) is 3. The van der Waals surface area contributed by atoms with Gasteiger partial charge in [-0.1, -0.05) is 24.3 Å². The molecule has 0 amide bonds. The topological polar surface area (TPSA) is 12.0 Å². The minimum Gasteiger partial charge on any atom is -0.354 e. The first kappa shape index (κ1) is 10.5. The van der Waals surface area contributed by atoms with Gasteiger partial charge in [0, 0.05) is 9.79 Å². The lowest BCUT2D eigenvalue weighted by molar-refractivity contribution is 1.37. The Balaban J connectivity index is 2.30. The van der Waals surface area contributed by atoms with Crippen LogP contribution in [0.3, 0.4) is 0 Å². The number of anilines is 2. The van der Waals surface area contributed by atoms with Crippen molar-refractivity contribution in [3.63, 3.8) is 0 Å². The third kappa shape index (κ3) is 2.49. The molecule has 0 saturated heterocycles. The van der Waals surface area contributed by atoms with Crippen LogP contribution >= 0.6 is 25.3 Å². The second-order valence-corrected chi connectivity index (χ2v) is 4.12. The van der Waals surface area contributed by atoms with Crippen molar-refractivity contribution in [2.75, 3.05) is 5.32 Å². The molecular formula is C12H11NS2. The van der Waals surface area contributed by atoms with Gasteiger partial charge in [-0.05, 0) is 24.3 Å². The molecule has 0 aliphatic rings. The van der Waals surface area contributed by atoms with E-state index in [2.05, 4.69) is 30.6 Å². The van der Waals surface area contributed by atoms with E-state index in [1.807, 2.05) is 48.5 Å². The van der Waals surface area contributed by atoms with E-state index >= 15 is 0 Å². The molecule has 0 aliphatic heterocycles.